The largest absolute Gasteiger partial charge is 0.0625 e. The lowest BCUT2D eigenvalue weighted by Gasteiger charge is -2.14. The number of rotatable bonds is 3. The summed E-state index contributed by atoms with van der Waals surface area (Å²) in [4.78, 5) is 0. The number of hydrogen-bond acceptors (Lipinski definition) is 0. The van der Waals surface area contributed by atoms with Crippen molar-refractivity contribution in [3.8, 4) is 11.1 Å². The van der Waals surface area contributed by atoms with Crippen LogP contribution >= 0.6 is 22.6 Å². The van der Waals surface area contributed by atoms with Crippen LogP contribution in [0.5, 0.6) is 0 Å². The fourth-order valence-electron chi connectivity index (χ4n) is 2.18. The maximum Gasteiger partial charge on any atom is 0.0168 e. The van der Waals surface area contributed by atoms with Crippen LogP contribution < -0.4 is 0 Å². The molecule has 0 spiro atoms. The summed E-state index contributed by atoms with van der Waals surface area (Å²) < 4.78 is 1.37. The molecule has 2 aromatic carbocycles. The van der Waals surface area contributed by atoms with Crippen molar-refractivity contribution in [1.29, 1.82) is 0 Å². The predicted molar refractivity (Wildman–Crippen MR) is 87.9 cm³/mol. The zero-order valence-electron chi connectivity index (χ0n) is 11.2. The molecule has 94 valence electrons. The fourth-order valence-corrected chi connectivity index (χ4v) is 2.90. The third kappa shape index (κ3) is 3.14. The van der Waals surface area contributed by atoms with Crippen LogP contribution in [0.25, 0.3) is 11.1 Å². The fraction of sp³-hybridized carbons (Fsp3) is 0.294. The quantitative estimate of drug-likeness (QED) is 0.645. The Kier molecular flexibility index (Phi) is 4.44. The molecule has 0 heterocycles. The summed E-state index contributed by atoms with van der Waals surface area (Å²) in [6.45, 7) is 6.69. The molecule has 0 aliphatic heterocycles. The molecule has 18 heavy (non-hydrogen) atoms. The van der Waals surface area contributed by atoms with Gasteiger partial charge >= 0.3 is 0 Å². The Labute approximate surface area is 124 Å². The number of aryl methyl sites for hydroxylation is 1. The highest BCUT2D eigenvalue weighted by molar-refractivity contribution is 14.1. The lowest BCUT2D eigenvalue weighted by Crippen LogP contribution is -1.99. The zero-order valence-corrected chi connectivity index (χ0v) is 13.4. The first-order chi connectivity index (χ1) is 8.58. The van der Waals surface area contributed by atoms with Crippen molar-refractivity contribution in [3.63, 3.8) is 0 Å². The van der Waals surface area contributed by atoms with Gasteiger partial charge in [0, 0.05) is 3.57 Å². The van der Waals surface area contributed by atoms with Crippen LogP contribution in [0.3, 0.4) is 0 Å². The van der Waals surface area contributed by atoms with Gasteiger partial charge in [0.15, 0.2) is 0 Å². The Hall–Kier alpha value is -0.830. The van der Waals surface area contributed by atoms with Crippen molar-refractivity contribution < 1.29 is 0 Å². The molecule has 0 amide bonds. The second kappa shape index (κ2) is 5.87. The third-order valence-electron chi connectivity index (χ3n) is 3.09. The minimum Gasteiger partial charge on any atom is -0.0625 e. The van der Waals surface area contributed by atoms with Crippen molar-refractivity contribution >= 4 is 22.6 Å². The van der Waals surface area contributed by atoms with Crippen LogP contribution in [0.4, 0.5) is 0 Å². The molecule has 0 saturated heterocycles. The van der Waals surface area contributed by atoms with E-state index in [1.807, 2.05) is 0 Å². The Morgan fingerprint density at radius 3 is 2.28 bits per heavy atom. The second-order valence-corrected chi connectivity index (χ2v) is 6.39. The normalized spacial score (nSPS) is 10.9. The average molecular weight is 350 g/mol. The standard InChI is InChI=1S/C17H19I/c1-12(2)11-16-15(5-4-6-17(16)18)14-9-7-13(3)8-10-14/h4-10,12H,11H2,1-3H3. The van der Waals surface area contributed by atoms with Gasteiger partial charge in [-0.3, -0.25) is 0 Å². The highest BCUT2D eigenvalue weighted by Gasteiger charge is 2.10. The molecule has 2 rings (SSSR count). The number of halogens is 1. The topological polar surface area (TPSA) is 0 Å². The molecular weight excluding hydrogens is 331 g/mol. The molecule has 0 radical (unpaired) electrons. The van der Waals surface area contributed by atoms with E-state index >= 15 is 0 Å². The molecule has 0 saturated carbocycles. The lowest BCUT2D eigenvalue weighted by atomic mass is 9.93. The van der Waals surface area contributed by atoms with Crippen molar-refractivity contribution in [2.75, 3.05) is 0 Å². The first kappa shape index (κ1) is 13.6. The first-order valence-corrected chi connectivity index (χ1v) is 7.50. The van der Waals surface area contributed by atoms with Crippen molar-refractivity contribution in [1.82, 2.24) is 0 Å². The van der Waals surface area contributed by atoms with Crippen LogP contribution in [-0.2, 0) is 6.42 Å². The van der Waals surface area contributed by atoms with Crippen molar-refractivity contribution in [2.24, 2.45) is 5.92 Å². The molecule has 0 fully saturated rings. The number of benzene rings is 2. The molecule has 2 aromatic rings. The lowest BCUT2D eigenvalue weighted by molar-refractivity contribution is 0.646. The van der Waals surface area contributed by atoms with E-state index in [-0.39, 0.29) is 0 Å². The Morgan fingerprint density at radius 2 is 1.67 bits per heavy atom. The minimum atomic E-state index is 0.685. The van der Waals surface area contributed by atoms with Gasteiger partial charge in [-0.25, -0.2) is 0 Å². The summed E-state index contributed by atoms with van der Waals surface area (Å²) in [7, 11) is 0. The smallest absolute Gasteiger partial charge is 0.0168 e. The summed E-state index contributed by atoms with van der Waals surface area (Å²) in [5, 5.41) is 0. The molecule has 1 heteroatoms. The van der Waals surface area contributed by atoms with Gasteiger partial charge in [-0.05, 0) is 64.6 Å². The van der Waals surface area contributed by atoms with E-state index in [1.165, 1.54) is 25.8 Å². The first-order valence-electron chi connectivity index (χ1n) is 6.42. The molecule has 0 atom stereocenters. The summed E-state index contributed by atoms with van der Waals surface area (Å²) in [5.41, 5.74) is 5.51. The van der Waals surface area contributed by atoms with E-state index in [4.69, 9.17) is 0 Å². The van der Waals surface area contributed by atoms with E-state index in [0.717, 1.165) is 6.42 Å². The summed E-state index contributed by atoms with van der Waals surface area (Å²) in [6, 6.07) is 15.4. The monoisotopic (exact) mass is 350 g/mol. The van der Waals surface area contributed by atoms with Crippen molar-refractivity contribution in [2.45, 2.75) is 27.2 Å². The molecule has 0 N–H and O–H groups in total. The highest BCUT2D eigenvalue weighted by atomic mass is 127. The van der Waals surface area contributed by atoms with Gasteiger partial charge in [0.05, 0.1) is 0 Å². The molecule has 0 unspecified atom stereocenters. The van der Waals surface area contributed by atoms with Gasteiger partial charge in [-0.15, -0.1) is 0 Å². The Balaban J connectivity index is 2.49. The van der Waals surface area contributed by atoms with Crippen molar-refractivity contribution in [3.05, 3.63) is 57.2 Å². The summed E-state index contributed by atoms with van der Waals surface area (Å²) in [5.74, 6) is 0.685. The summed E-state index contributed by atoms with van der Waals surface area (Å²) in [6.07, 6.45) is 1.14. The van der Waals surface area contributed by atoms with E-state index in [1.54, 1.807) is 0 Å². The van der Waals surface area contributed by atoms with Gasteiger partial charge in [0.25, 0.3) is 0 Å². The minimum absolute atomic E-state index is 0.685. The van der Waals surface area contributed by atoms with E-state index < -0.39 is 0 Å². The number of hydrogen-bond donors (Lipinski definition) is 0. The van der Waals surface area contributed by atoms with Crippen LogP contribution in [0.2, 0.25) is 0 Å². The molecule has 0 aromatic heterocycles. The molecule has 0 aliphatic rings. The maximum absolute atomic E-state index is 2.45. The van der Waals surface area contributed by atoms with Crippen LogP contribution in [0, 0.1) is 16.4 Å². The third-order valence-corrected chi connectivity index (χ3v) is 4.10. The van der Waals surface area contributed by atoms with Gasteiger partial charge < -0.3 is 0 Å². The van der Waals surface area contributed by atoms with Crippen LogP contribution in [-0.4, -0.2) is 0 Å². The molecule has 0 bridgehead atoms. The maximum atomic E-state index is 2.45. The molecular formula is C17H19I. The van der Waals surface area contributed by atoms with E-state index in [0.29, 0.717) is 5.92 Å². The van der Waals surface area contributed by atoms with E-state index in [9.17, 15) is 0 Å². The van der Waals surface area contributed by atoms with Crippen LogP contribution in [0.1, 0.15) is 25.0 Å². The van der Waals surface area contributed by atoms with Crippen LogP contribution in [0.15, 0.2) is 42.5 Å². The Bertz CT molecular complexity index is 524. The van der Waals surface area contributed by atoms with Gasteiger partial charge in [0.2, 0.25) is 0 Å². The van der Waals surface area contributed by atoms with Gasteiger partial charge in [-0.2, -0.15) is 0 Å². The molecule has 0 aliphatic carbocycles. The second-order valence-electron chi connectivity index (χ2n) is 5.23. The SMILES string of the molecule is Cc1ccc(-c2cccc(I)c2CC(C)C)cc1. The predicted octanol–water partition coefficient (Wildman–Crippen LogP) is 5.47. The average Bonchev–Trinajstić information content (AvgIpc) is 2.32. The zero-order chi connectivity index (χ0) is 13.1. The molecule has 0 nitrogen and oxygen atoms in total. The Morgan fingerprint density at radius 1 is 1.00 bits per heavy atom. The van der Waals surface area contributed by atoms with Gasteiger partial charge in [0.1, 0.15) is 0 Å². The summed E-state index contributed by atoms with van der Waals surface area (Å²) >= 11 is 2.45. The highest BCUT2D eigenvalue weighted by Crippen LogP contribution is 2.29. The van der Waals surface area contributed by atoms with E-state index in [2.05, 4.69) is 85.8 Å². The van der Waals surface area contributed by atoms with Gasteiger partial charge in [-0.1, -0.05) is 55.8 Å².